The number of allylic oxidation sites excluding steroid dienone is 4. The van der Waals surface area contributed by atoms with Gasteiger partial charge in [-0.3, -0.25) is 23.4 Å². The Balaban J connectivity index is 0.000000173. The van der Waals surface area contributed by atoms with E-state index in [9.17, 15) is 47.8 Å². The summed E-state index contributed by atoms with van der Waals surface area (Å²) in [6, 6.07) is 63.8. The number of benzene rings is 10. The minimum absolute atomic E-state index is 0.0403. The first-order chi connectivity index (χ1) is 51.6. The van der Waals surface area contributed by atoms with Crippen LogP contribution in [-0.2, 0) is 57.0 Å². The number of aryl methyl sites for hydroxylation is 1. The van der Waals surface area contributed by atoms with E-state index in [0.717, 1.165) is 75.1 Å². The van der Waals surface area contributed by atoms with Crippen LogP contribution >= 0.6 is 0 Å². The lowest BCUT2D eigenvalue weighted by Gasteiger charge is -2.35. The molecule has 108 heavy (non-hydrogen) atoms. The van der Waals surface area contributed by atoms with E-state index in [4.69, 9.17) is 18.1 Å². The van der Waals surface area contributed by atoms with Crippen LogP contribution in [0, 0.1) is 18.8 Å². The molecule has 0 aliphatic heterocycles. The summed E-state index contributed by atoms with van der Waals surface area (Å²) in [6.45, 7) is 25.3. The lowest BCUT2D eigenvalue weighted by Crippen LogP contribution is -2.39. The van der Waals surface area contributed by atoms with E-state index in [1.54, 1.807) is 75.2 Å². The van der Waals surface area contributed by atoms with Crippen molar-refractivity contribution in [2.45, 2.75) is 113 Å². The second-order valence-electron chi connectivity index (χ2n) is 27.0. The first kappa shape index (κ1) is 83.0. The fourth-order valence-corrected chi connectivity index (χ4v) is 13.3. The number of rotatable bonds is 25. The lowest BCUT2D eigenvalue weighted by molar-refractivity contribution is -0.114. The highest BCUT2D eigenvalue weighted by molar-refractivity contribution is 7.86. The van der Waals surface area contributed by atoms with Crippen LogP contribution in [0.4, 0.5) is 11.4 Å². The summed E-state index contributed by atoms with van der Waals surface area (Å²) >= 11 is 0. The molecule has 2 aliphatic rings. The van der Waals surface area contributed by atoms with Crippen molar-refractivity contribution in [3.05, 3.63) is 305 Å². The van der Waals surface area contributed by atoms with E-state index in [2.05, 4.69) is 86.3 Å². The van der Waals surface area contributed by atoms with Crippen LogP contribution < -0.4 is 29.9 Å². The molecule has 0 saturated heterocycles. The van der Waals surface area contributed by atoms with Gasteiger partial charge in [-0.1, -0.05) is 221 Å². The molecule has 3 unspecified atom stereocenters. The molecular weight excluding hydrogens is 1380 g/mol. The number of carbonyl (C=O) groups is 4. The summed E-state index contributed by atoms with van der Waals surface area (Å²) in [5, 5.41) is 55.6. The van der Waals surface area contributed by atoms with Crippen molar-refractivity contribution in [1.29, 1.82) is 0 Å². The molecule has 7 N–H and O–H groups in total. The minimum Gasteiger partial charge on any atom is -0.536 e. The third-order valence-corrected chi connectivity index (χ3v) is 18.7. The monoisotopic (exact) mass is 1470 g/mol. The summed E-state index contributed by atoms with van der Waals surface area (Å²) < 4.78 is 44.1. The molecule has 10 aromatic rings. The Morgan fingerprint density at radius 2 is 0.981 bits per heavy atom. The van der Waals surface area contributed by atoms with Gasteiger partial charge < -0.3 is 50.1 Å². The number of hydrogen-bond donors (Lipinski definition) is 7. The summed E-state index contributed by atoms with van der Waals surface area (Å²) in [5.41, 5.74) is 10.5. The molecule has 1 amide bonds. The molecule has 0 saturated carbocycles. The van der Waals surface area contributed by atoms with Crippen molar-refractivity contribution in [2.24, 2.45) is 11.8 Å². The van der Waals surface area contributed by atoms with Crippen molar-refractivity contribution >= 4 is 98.4 Å². The molecule has 0 aromatic heterocycles. The number of carbonyl (C=O) groups excluding carboxylic acids is 4. The predicted octanol–water partition coefficient (Wildman–Crippen LogP) is 16.7. The van der Waals surface area contributed by atoms with Crippen LogP contribution in [0.5, 0.6) is 17.2 Å². The summed E-state index contributed by atoms with van der Waals surface area (Å²) in [7, 11) is -6.19. The van der Waals surface area contributed by atoms with Crippen LogP contribution in [0.1, 0.15) is 117 Å². The molecule has 12 rings (SSSR count). The van der Waals surface area contributed by atoms with E-state index in [0.29, 0.717) is 76.0 Å². The van der Waals surface area contributed by atoms with Crippen molar-refractivity contribution in [3.8, 4) is 17.2 Å². The maximum absolute atomic E-state index is 12.3. The minimum atomic E-state index is -3.52. The van der Waals surface area contributed by atoms with Crippen molar-refractivity contribution in [2.75, 3.05) is 23.5 Å². The Labute approximate surface area is 636 Å². The average Bonchev–Trinajstić information content (AvgIpc) is 0.722. The molecule has 3 atom stereocenters. The average molecular weight is 1470 g/mol. The normalized spacial score (nSPS) is 13.9. The van der Waals surface area contributed by atoms with Gasteiger partial charge in [0.1, 0.15) is 22.8 Å². The topological polar surface area (TPSA) is 256 Å². The second kappa shape index (κ2) is 39.3. The zero-order valence-electron chi connectivity index (χ0n) is 63.1. The predicted molar refractivity (Wildman–Crippen MR) is 438 cm³/mol. The van der Waals surface area contributed by atoms with E-state index in [1.807, 2.05) is 128 Å². The molecule has 0 radical (unpaired) electrons. The quantitative estimate of drug-likeness (QED) is 0.0159. The van der Waals surface area contributed by atoms with Crippen LogP contribution in [0.25, 0.3) is 32.3 Å². The zero-order valence-corrected chi connectivity index (χ0v) is 63.9. The summed E-state index contributed by atoms with van der Waals surface area (Å²) in [6.07, 6.45) is 11.3. The SMILES string of the molecule is C=CCC1(O)C(NCc2ccccc2)=CC(=O)c2ccccc21.C=CCc1c(NCc2ccccc2)cc(OB(C)O)c2ccccc12.CB(O)Oc1cc(NC(C)=O)c(CC(C)COS(C)(=O)=O)c2ccccc12.CC1=CC(=O)c2ccccc2C1=O.CCC(C)Cc1c(C)cc(OB(C)O)c2ccccc12. The second-order valence-corrected chi connectivity index (χ2v) is 28.7. The van der Waals surface area contributed by atoms with Gasteiger partial charge in [0.2, 0.25) is 5.91 Å². The maximum Gasteiger partial charge on any atom is 0.519 e. The number of nitrogens with one attached hydrogen (secondary N) is 3. The Kier molecular flexibility index (Phi) is 30.2. The van der Waals surface area contributed by atoms with Crippen molar-refractivity contribution in [3.63, 3.8) is 0 Å². The highest BCUT2D eigenvalue weighted by Crippen LogP contribution is 2.41. The molecule has 558 valence electrons. The molecule has 0 fully saturated rings. The first-order valence-corrected chi connectivity index (χ1v) is 37.9. The van der Waals surface area contributed by atoms with Gasteiger partial charge in [-0.15, -0.1) is 13.2 Å². The molecular formula is C87H96B3N3O14S. The first-order valence-electron chi connectivity index (χ1n) is 36.1. The highest BCUT2D eigenvalue weighted by atomic mass is 32.2. The molecule has 17 nitrogen and oxygen atoms in total. The van der Waals surface area contributed by atoms with Gasteiger partial charge in [0.15, 0.2) is 17.3 Å². The van der Waals surface area contributed by atoms with Crippen LogP contribution in [0.15, 0.2) is 249 Å². The third kappa shape index (κ3) is 22.7. The van der Waals surface area contributed by atoms with Crippen LogP contribution in [-0.4, -0.2) is 86.1 Å². The third-order valence-electron chi connectivity index (χ3n) is 18.1. The summed E-state index contributed by atoms with van der Waals surface area (Å²) in [4.78, 5) is 47.0. The zero-order chi connectivity index (χ0) is 78.2. The van der Waals surface area contributed by atoms with Crippen molar-refractivity contribution < 1.29 is 65.9 Å². The van der Waals surface area contributed by atoms with Gasteiger partial charge in [-0.05, 0) is 127 Å². The van der Waals surface area contributed by atoms with E-state index in [1.165, 1.54) is 60.0 Å². The largest absolute Gasteiger partial charge is 0.536 e. The Hall–Kier alpha value is -10.6. The smallest absolute Gasteiger partial charge is 0.519 e. The molecule has 10 aromatic carbocycles. The van der Waals surface area contributed by atoms with Gasteiger partial charge in [0.25, 0.3) is 10.1 Å². The molecule has 0 heterocycles. The Morgan fingerprint density at radius 3 is 1.48 bits per heavy atom. The Morgan fingerprint density at radius 1 is 0.546 bits per heavy atom. The van der Waals surface area contributed by atoms with Crippen molar-refractivity contribution in [1.82, 2.24) is 5.32 Å². The van der Waals surface area contributed by atoms with Gasteiger partial charge in [0, 0.05) is 100 Å². The van der Waals surface area contributed by atoms with Gasteiger partial charge >= 0.3 is 21.4 Å². The number of hydrogen-bond acceptors (Lipinski definition) is 16. The lowest BCUT2D eigenvalue weighted by atomic mass is 9.78. The number of ketones is 3. The maximum atomic E-state index is 12.3. The van der Waals surface area contributed by atoms with Gasteiger partial charge in [0.05, 0.1) is 18.6 Å². The molecule has 0 bridgehead atoms. The number of aliphatic hydroxyl groups is 1. The van der Waals surface area contributed by atoms with E-state index >= 15 is 0 Å². The number of fused-ring (bicyclic) bond motifs is 5. The fraction of sp³-hybridized carbons (Fsp3) is 0.241. The van der Waals surface area contributed by atoms with E-state index < -0.39 is 37.1 Å². The standard InChI is InChI=1S/C21H22BNO2.C20H19NO2.C18H24BNO6S.C17H23BO2.C11H8O2/c1-3-9-18-17-12-7-8-13-19(17)21(25-22(2)24)14-20(18)23-15-16-10-5-4-6-11-16;1-2-12-20(23)17-11-7-6-10-16(17)18(22)13-19(20)21-14-15-8-4-3-5-9-15;1-12(11-25-27(4,23)24)9-16-14-7-5-6-8-15(14)18(26-19(3)22)10-17(16)20-13(2)21;1-5-12(2)10-16-13(3)11-17(20-18(4)19)15-9-7-6-8-14(15)16;1-7-6-10(12)8-4-2-3-5-9(8)11(7)13/h3-8,10-14,23-24H,1,9,15H2,2H3;2-11,13,21,23H,1,12,14H2;5-8,10,12,22H,9,11H2,1-4H3,(H,20,21);6-9,11-12,19H,5,10H2,1-4H3;2-6H,1H3. The van der Waals surface area contributed by atoms with E-state index in [-0.39, 0.29) is 35.8 Å². The number of amides is 1. The summed E-state index contributed by atoms with van der Waals surface area (Å²) in [5.74, 6) is 1.99. The highest BCUT2D eigenvalue weighted by Gasteiger charge is 2.39. The molecule has 21 heteroatoms. The number of Topliss-reactive ketones (excluding diaryl/α,β-unsaturated/α-hetero) is 1. The van der Waals surface area contributed by atoms with Crippen LogP contribution in [0.3, 0.4) is 0 Å². The van der Waals surface area contributed by atoms with Crippen LogP contribution in [0.2, 0.25) is 20.5 Å². The number of anilines is 2. The Bertz CT molecular complexity index is 5010. The molecule has 0 spiro atoms. The van der Waals surface area contributed by atoms with Gasteiger partial charge in [-0.2, -0.15) is 8.42 Å². The fourth-order valence-electron chi connectivity index (χ4n) is 12.8. The molecule has 2 aliphatic carbocycles. The van der Waals surface area contributed by atoms with Gasteiger partial charge in [-0.25, -0.2) is 0 Å².